The number of nitrogens with zero attached hydrogens (tertiary/aromatic N) is 3. The molecule has 0 aliphatic heterocycles. The van der Waals surface area contributed by atoms with E-state index in [-0.39, 0.29) is 6.04 Å². The third kappa shape index (κ3) is 5.66. The monoisotopic (exact) mass is 364 g/mol. The second-order valence-electron chi connectivity index (χ2n) is 6.73. The van der Waals surface area contributed by atoms with E-state index in [0.717, 1.165) is 31.0 Å². The van der Waals surface area contributed by atoms with Crippen molar-refractivity contribution in [2.45, 2.75) is 45.7 Å². The largest absolute Gasteiger partial charge is 0.494 e. The molecule has 5 nitrogen and oxygen atoms in total. The zero-order valence-corrected chi connectivity index (χ0v) is 16.1. The van der Waals surface area contributed by atoms with Crippen LogP contribution >= 0.6 is 0 Å². The lowest BCUT2D eigenvalue weighted by atomic mass is 10.1. The van der Waals surface area contributed by atoms with Crippen LogP contribution in [0.5, 0.6) is 5.75 Å². The molecular weight excluding hydrogens is 336 g/mol. The van der Waals surface area contributed by atoms with E-state index in [0.29, 0.717) is 0 Å². The molecule has 0 saturated carbocycles. The summed E-state index contributed by atoms with van der Waals surface area (Å²) >= 11 is 0. The van der Waals surface area contributed by atoms with Gasteiger partial charge in [0.2, 0.25) is 0 Å². The van der Waals surface area contributed by atoms with Crippen LogP contribution in [0.1, 0.15) is 50.3 Å². The fraction of sp³-hybridized carbons (Fsp3) is 0.364. The molecule has 1 aromatic heterocycles. The molecule has 5 heteroatoms. The molecule has 1 N–H and O–H groups in total. The van der Waals surface area contributed by atoms with E-state index in [4.69, 9.17) is 4.74 Å². The molecule has 2 aromatic carbocycles. The minimum atomic E-state index is 0.264. The van der Waals surface area contributed by atoms with Crippen molar-refractivity contribution in [3.63, 3.8) is 0 Å². The van der Waals surface area contributed by atoms with Crippen LogP contribution in [0.25, 0.3) is 5.69 Å². The van der Waals surface area contributed by atoms with E-state index < -0.39 is 0 Å². The van der Waals surface area contributed by atoms with E-state index in [1.807, 2.05) is 0 Å². The minimum absolute atomic E-state index is 0.264. The molecule has 0 saturated heterocycles. The number of hydrogen-bond acceptors (Lipinski definition) is 4. The van der Waals surface area contributed by atoms with Gasteiger partial charge in [0, 0.05) is 12.6 Å². The smallest absolute Gasteiger partial charge is 0.138 e. The van der Waals surface area contributed by atoms with Crippen molar-refractivity contribution >= 4 is 0 Å². The molecule has 0 amide bonds. The van der Waals surface area contributed by atoms with Crippen molar-refractivity contribution in [1.29, 1.82) is 0 Å². The van der Waals surface area contributed by atoms with Crippen molar-refractivity contribution < 1.29 is 4.74 Å². The fourth-order valence-corrected chi connectivity index (χ4v) is 2.89. The molecule has 0 spiro atoms. The molecule has 3 aromatic rings. The highest BCUT2D eigenvalue weighted by molar-refractivity contribution is 5.34. The molecule has 0 aliphatic rings. The number of nitrogens with one attached hydrogen (secondary N) is 1. The van der Waals surface area contributed by atoms with Crippen LogP contribution in [0.15, 0.2) is 61.2 Å². The Morgan fingerprint density at radius 1 is 1.04 bits per heavy atom. The molecule has 0 bridgehead atoms. The van der Waals surface area contributed by atoms with Crippen molar-refractivity contribution in [3.05, 3.63) is 72.3 Å². The summed E-state index contributed by atoms with van der Waals surface area (Å²) in [5.41, 5.74) is 3.51. The van der Waals surface area contributed by atoms with E-state index in [1.165, 1.54) is 24.0 Å². The number of ether oxygens (including phenoxy) is 1. The van der Waals surface area contributed by atoms with Gasteiger partial charge in [-0.2, -0.15) is 5.10 Å². The van der Waals surface area contributed by atoms with Crippen LogP contribution in [-0.2, 0) is 6.54 Å². The highest BCUT2D eigenvalue weighted by Gasteiger charge is 2.06. The number of aromatic nitrogens is 3. The van der Waals surface area contributed by atoms with Gasteiger partial charge in [-0.05, 0) is 48.7 Å². The van der Waals surface area contributed by atoms with Gasteiger partial charge < -0.3 is 10.1 Å². The molecule has 1 heterocycles. The van der Waals surface area contributed by atoms with Gasteiger partial charge in [0.25, 0.3) is 0 Å². The van der Waals surface area contributed by atoms with E-state index in [9.17, 15) is 0 Å². The Hall–Kier alpha value is -2.66. The summed E-state index contributed by atoms with van der Waals surface area (Å²) in [5, 5.41) is 7.72. The van der Waals surface area contributed by atoms with Gasteiger partial charge in [-0.1, -0.05) is 44.0 Å². The van der Waals surface area contributed by atoms with Crippen LogP contribution in [0.2, 0.25) is 0 Å². The molecule has 3 rings (SSSR count). The molecule has 0 fully saturated rings. The lowest BCUT2D eigenvalue weighted by Crippen LogP contribution is -2.18. The Labute approximate surface area is 161 Å². The molecule has 0 radical (unpaired) electrons. The highest BCUT2D eigenvalue weighted by Crippen LogP contribution is 2.17. The summed E-state index contributed by atoms with van der Waals surface area (Å²) in [6.07, 6.45) is 6.80. The van der Waals surface area contributed by atoms with Crippen LogP contribution in [0, 0.1) is 0 Å². The minimum Gasteiger partial charge on any atom is -0.494 e. The van der Waals surface area contributed by atoms with Gasteiger partial charge in [0.15, 0.2) is 0 Å². The maximum Gasteiger partial charge on any atom is 0.138 e. The van der Waals surface area contributed by atoms with Crippen molar-refractivity contribution in [3.8, 4) is 11.4 Å². The number of benzene rings is 2. The molecule has 142 valence electrons. The predicted octanol–water partition coefficient (Wildman–Crippen LogP) is 4.69. The number of rotatable bonds is 10. The van der Waals surface area contributed by atoms with Crippen LogP contribution in [-0.4, -0.2) is 21.4 Å². The summed E-state index contributed by atoms with van der Waals surface area (Å²) in [6.45, 7) is 6.00. The summed E-state index contributed by atoms with van der Waals surface area (Å²) < 4.78 is 7.53. The average Bonchev–Trinajstić information content (AvgIpc) is 3.25. The Bertz CT molecular complexity index is 782. The quantitative estimate of drug-likeness (QED) is 0.530. The zero-order chi connectivity index (χ0) is 18.9. The number of unbranched alkanes of at least 4 members (excludes halogenated alkanes) is 2. The Kier molecular flexibility index (Phi) is 6.99. The lowest BCUT2D eigenvalue weighted by molar-refractivity contribution is 0.306. The van der Waals surface area contributed by atoms with Gasteiger partial charge in [-0.25, -0.2) is 9.67 Å². The summed E-state index contributed by atoms with van der Waals surface area (Å²) in [7, 11) is 0. The molecule has 27 heavy (non-hydrogen) atoms. The highest BCUT2D eigenvalue weighted by atomic mass is 16.5. The predicted molar refractivity (Wildman–Crippen MR) is 108 cm³/mol. The SMILES string of the molecule is CCCCCOc1ccc(CNC(C)c2ccc(-n3cncn3)cc2)cc1. The first-order chi connectivity index (χ1) is 13.3. The Morgan fingerprint density at radius 3 is 2.48 bits per heavy atom. The Balaban J connectivity index is 1.47. The fourth-order valence-electron chi connectivity index (χ4n) is 2.89. The van der Waals surface area contributed by atoms with Gasteiger partial charge in [0.05, 0.1) is 12.3 Å². The summed E-state index contributed by atoms with van der Waals surface area (Å²) in [5.74, 6) is 0.951. The lowest BCUT2D eigenvalue weighted by Gasteiger charge is -2.15. The van der Waals surface area contributed by atoms with Crippen LogP contribution in [0.3, 0.4) is 0 Å². The first kappa shape index (κ1) is 19.1. The summed E-state index contributed by atoms with van der Waals surface area (Å²) in [6, 6.07) is 17.0. The number of hydrogen-bond donors (Lipinski definition) is 1. The van der Waals surface area contributed by atoms with Crippen LogP contribution in [0.4, 0.5) is 0 Å². The molecule has 1 atom stereocenters. The van der Waals surface area contributed by atoms with Gasteiger partial charge in [-0.3, -0.25) is 0 Å². The summed E-state index contributed by atoms with van der Waals surface area (Å²) in [4.78, 5) is 3.98. The van der Waals surface area contributed by atoms with Crippen molar-refractivity contribution in [1.82, 2.24) is 20.1 Å². The van der Waals surface area contributed by atoms with Crippen molar-refractivity contribution in [2.75, 3.05) is 6.61 Å². The maximum absolute atomic E-state index is 5.77. The molecular formula is C22H28N4O. The second-order valence-corrected chi connectivity index (χ2v) is 6.73. The first-order valence-corrected chi connectivity index (χ1v) is 9.66. The van der Waals surface area contributed by atoms with Gasteiger partial charge in [-0.15, -0.1) is 0 Å². The first-order valence-electron chi connectivity index (χ1n) is 9.66. The third-order valence-electron chi connectivity index (χ3n) is 4.63. The molecule has 1 unspecified atom stereocenters. The van der Waals surface area contributed by atoms with Gasteiger partial charge in [0.1, 0.15) is 18.4 Å². The Morgan fingerprint density at radius 2 is 1.81 bits per heavy atom. The standard InChI is InChI=1S/C22H28N4O/c1-3-4-5-14-27-22-12-6-19(7-13-22)15-24-18(2)20-8-10-21(11-9-20)26-17-23-16-25-26/h6-13,16-18,24H,3-5,14-15H2,1-2H3. The topological polar surface area (TPSA) is 52.0 Å². The van der Waals surface area contributed by atoms with E-state index in [2.05, 4.69) is 77.8 Å². The van der Waals surface area contributed by atoms with Crippen LogP contribution < -0.4 is 10.1 Å². The maximum atomic E-state index is 5.77. The van der Waals surface area contributed by atoms with E-state index in [1.54, 1.807) is 17.3 Å². The average molecular weight is 364 g/mol. The molecule has 0 aliphatic carbocycles. The second kappa shape index (κ2) is 9.88. The third-order valence-corrected chi connectivity index (χ3v) is 4.63. The zero-order valence-electron chi connectivity index (χ0n) is 16.1. The van der Waals surface area contributed by atoms with E-state index >= 15 is 0 Å². The normalized spacial score (nSPS) is 12.1. The van der Waals surface area contributed by atoms with Gasteiger partial charge >= 0.3 is 0 Å². The van der Waals surface area contributed by atoms with Crippen molar-refractivity contribution in [2.24, 2.45) is 0 Å².